The highest BCUT2D eigenvalue weighted by Gasteiger charge is 2.22. The minimum absolute atomic E-state index is 0.0776. The summed E-state index contributed by atoms with van der Waals surface area (Å²) >= 11 is 0. The summed E-state index contributed by atoms with van der Waals surface area (Å²) < 4.78 is 5.49. The number of azide groups is 1. The molecule has 0 saturated carbocycles. The lowest BCUT2D eigenvalue weighted by Gasteiger charge is -2.18. The van der Waals surface area contributed by atoms with E-state index in [2.05, 4.69) is 10.0 Å². The third kappa shape index (κ3) is 2.49. The molecule has 0 aliphatic carbocycles. The molecule has 6 nitrogen and oxygen atoms in total. The second-order valence-corrected chi connectivity index (χ2v) is 3.59. The topological polar surface area (TPSA) is 78.3 Å². The molecule has 1 heterocycles. The number of carbonyl (C=O) groups is 1. The lowest BCUT2D eigenvalue weighted by atomic mass is 10.2. The van der Waals surface area contributed by atoms with Gasteiger partial charge in [0.15, 0.2) is 0 Å². The van der Waals surface area contributed by atoms with Gasteiger partial charge in [-0.3, -0.25) is 4.79 Å². The van der Waals surface area contributed by atoms with Gasteiger partial charge >= 0.3 is 0 Å². The van der Waals surface area contributed by atoms with E-state index in [1.54, 1.807) is 23.1 Å². The van der Waals surface area contributed by atoms with Crippen molar-refractivity contribution < 1.29 is 9.53 Å². The molecule has 2 rings (SSSR count). The van der Waals surface area contributed by atoms with Crippen LogP contribution in [0.4, 0.5) is 0 Å². The van der Waals surface area contributed by atoms with Crippen molar-refractivity contribution in [2.75, 3.05) is 26.2 Å². The van der Waals surface area contributed by atoms with Crippen LogP contribution in [0.25, 0.3) is 10.4 Å². The van der Waals surface area contributed by atoms with Gasteiger partial charge in [0, 0.05) is 18.0 Å². The Bertz CT molecular complexity index is 468. The Hall–Kier alpha value is -2.20. The Morgan fingerprint density at radius 2 is 2.29 bits per heavy atom. The largest absolute Gasteiger partial charge is 0.491 e. The summed E-state index contributed by atoms with van der Waals surface area (Å²) in [6.45, 7) is 1.67. The van der Waals surface area contributed by atoms with Gasteiger partial charge in [0.05, 0.1) is 12.1 Å². The number of carbonyl (C=O) groups excluding carboxylic acids is 1. The van der Waals surface area contributed by atoms with Crippen LogP contribution in [0.2, 0.25) is 0 Å². The van der Waals surface area contributed by atoms with Crippen molar-refractivity contribution in [1.29, 1.82) is 0 Å². The highest BCUT2D eigenvalue weighted by atomic mass is 16.5. The Morgan fingerprint density at radius 3 is 3.12 bits per heavy atom. The Balaban J connectivity index is 2.17. The molecular weight excluding hydrogens is 220 g/mol. The summed E-state index contributed by atoms with van der Waals surface area (Å²) in [4.78, 5) is 16.5. The molecule has 0 N–H and O–H groups in total. The number of benzene rings is 1. The molecule has 0 bridgehead atoms. The first-order valence-corrected chi connectivity index (χ1v) is 5.35. The lowest BCUT2D eigenvalue weighted by Crippen LogP contribution is -2.34. The monoisotopic (exact) mass is 232 g/mol. The SMILES string of the molecule is [N-]=[N+]=NCCN1CCOc2ccccc2C1=O. The van der Waals surface area contributed by atoms with E-state index in [-0.39, 0.29) is 12.5 Å². The first kappa shape index (κ1) is 11.3. The van der Waals surface area contributed by atoms with Gasteiger partial charge in [0.25, 0.3) is 5.91 Å². The number of amides is 1. The average molecular weight is 232 g/mol. The molecule has 1 aromatic carbocycles. The quantitative estimate of drug-likeness (QED) is 0.452. The van der Waals surface area contributed by atoms with Crippen molar-refractivity contribution in [1.82, 2.24) is 4.90 Å². The van der Waals surface area contributed by atoms with E-state index in [1.165, 1.54) is 0 Å². The van der Waals surface area contributed by atoms with Gasteiger partial charge in [-0.05, 0) is 17.7 Å². The zero-order valence-electron chi connectivity index (χ0n) is 9.24. The standard InChI is InChI=1S/C11H12N4O2/c12-14-13-5-6-15-7-8-17-10-4-2-1-3-9(10)11(15)16/h1-4H,5-8H2. The summed E-state index contributed by atoms with van der Waals surface area (Å²) in [6, 6.07) is 7.16. The molecule has 0 aromatic heterocycles. The Morgan fingerprint density at radius 1 is 1.47 bits per heavy atom. The van der Waals surface area contributed by atoms with Crippen molar-refractivity contribution >= 4 is 5.91 Å². The highest BCUT2D eigenvalue weighted by molar-refractivity contribution is 5.97. The van der Waals surface area contributed by atoms with E-state index < -0.39 is 0 Å². The van der Waals surface area contributed by atoms with E-state index in [4.69, 9.17) is 10.3 Å². The van der Waals surface area contributed by atoms with Crippen molar-refractivity contribution in [2.24, 2.45) is 5.11 Å². The molecule has 6 heteroatoms. The Labute approximate surface area is 98.4 Å². The maximum absolute atomic E-state index is 12.1. The maximum Gasteiger partial charge on any atom is 0.257 e. The van der Waals surface area contributed by atoms with Gasteiger partial charge in [-0.1, -0.05) is 17.2 Å². The minimum atomic E-state index is -0.0776. The smallest absolute Gasteiger partial charge is 0.257 e. The molecule has 1 aliphatic rings. The molecule has 1 amide bonds. The van der Waals surface area contributed by atoms with Gasteiger partial charge in [-0.15, -0.1) is 0 Å². The number of fused-ring (bicyclic) bond motifs is 1. The van der Waals surface area contributed by atoms with Crippen LogP contribution in [0, 0.1) is 0 Å². The van der Waals surface area contributed by atoms with Crippen LogP contribution in [0.1, 0.15) is 10.4 Å². The average Bonchev–Trinajstić information content (AvgIpc) is 2.51. The van der Waals surface area contributed by atoms with Crippen LogP contribution in [0.3, 0.4) is 0 Å². The van der Waals surface area contributed by atoms with E-state index in [1.807, 2.05) is 6.07 Å². The van der Waals surface area contributed by atoms with Gasteiger partial charge < -0.3 is 9.64 Å². The highest BCUT2D eigenvalue weighted by Crippen LogP contribution is 2.22. The zero-order chi connectivity index (χ0) is 12.1. The van der Waals surface area contributed by atoms with Gasteiger partial charge in [-0.25, -0.2) is 0 Å². The van der Waals surface area contributed by atoms with Crippen LogP contribution in [0.5, 0.6) is 5.75 Å². The van der Waals surface area contributed by atoms with Crippen molar-refractivity contribution in [3.8, 4) is 5.75 Å². The first-order valence-electron chi connectivity index (χ1n) is 5.35. The number of ether oxygens (including phenoxy) is 1. The summed E-state index contributed by atoms with van der Waals surface area (Å²) in [5.41, 5.74) is 8.77. The molecule has 0 fully saturated rings. The fraction of sp³-hybridized carbons (Fsp3) is 0.364. The van der Waals surface area contributed by atoms with Crippen LogP contribution in [-0.4, -0.2) is 37.0 Å². The number of nitrogens with zero attached hydrogens (tertiary/aromatic N) is 4. The zero-order valence-corrected chi connectivity index (χ0v) is 9.24. The molecule has 17 heavy (non-hydrogen) atoms. The number of hydrogen-bond acceptors (Lipinski definition) is 3. The van der Waals surface area contributed by atoms with Gasteiger partial charge in [-0.2, -0.15) is 0 Å². The Kier molecular flexibility index (Phi) is 3.47. The predicted molar refractivity (Wildman–Crippen MR) is 61.9 cm³/mol. The maximum atomic E-state index is 12.1. The molecule has 0 unspecified atom stereocenters. The van der Waals surface area contributed by atoms with Crippen LogP contribution in [-0.2, 0) is 0 Å². The van der Waals surface area contributed by atoms with Crippen LogP contribution >= 0.6 is 0 Å². The predicted octanol–water partition coefficient (Wildman–Crippen LogP) is 1.83. The second-order valence-electron chi connectivity index (χ2n) is 3.59. The normalized spacial score (nSPS) is 14.4. The molecule has 0 saturated heterocycles. The number of hydrogen-bond donors (Lipinski definition) is 0. The molecule has 0 spiro atoms. The van der Waals surface area contributed by atoms with Crippen LogP contribution in [0.15, 0.2) is 29.4 Å². The summed E-state index contributed by atoms with van der Waals surface area (Å²) in [7, 11) is 0. The molecule has 88 valence electrons. The van der Waals surface area contributed by atoms with E-state index >= 15 is 0 Å². The van der Waals surface area contributed by atoms with Gasteiger partial charge in [0.1, 0.15) is 12.4 Å². The summed E-state index contributed by atoms with van der Waals surface area (Å²) in [5, 5.41) is 3.43. The fourth-order valence-electron chi connectivity index (χ4n) is 1.73. The minimum Gasteiger partial charge on any atom is -0.491 e. The molecular formula is C11H12N4O2. The van der Waals surface area contributed by atoms with Gasteiger partial charge in [0.2, 0.25) is 0 Å². The number of para-hydroxylation sites is 1. The van der Waals surface area contributed by atoms with E-state index in [0.29, 0.717) is 31.0 Å². The molecule has 1 aromatic rings. The fourth-order valence-corrected chi connectivity index (χ4v) is 1.73. The first-order chi connectivity index (χ1) is 8.33. The third-order valence-electron chi connectivity index (χ3n) is 2.56. The number of rotatable bonds is 3. The van der Waals surface area contributed by atoms with E-state index in [9.17, 15) is 4.79 Å². The van der Waals surface area contributed by atoms with E-state index in [0.717, 1.165) is 0 Å². The van der Waals surface area contributed by atoms with Crippen molar-refractivity contribution in [3.63, 3.8) is 0 Å². The van der Waals surface area contributed by atoms with Crippen molar-refractivity contribution in [3.05, 3.63) is 40.3 Å². The summed E-state index contributed by atoms with van der Waals surface area (Å²) in [6.07, 6.45) is 0. The second kappa shape index (κ2) is 5.23. The molecule has 0 atom stereocenters. The molecule has 1 aliphatic heterocycles. The summed E-state index contributed by atoms with van der Waals surface area (Å²) in [5.74, 6) is 0.537. The lowest BCUT2D eigenvalue weighted by molar-refractivity contribution is 0.0761. The third-order valence-corrected chi connectivity index (χ3v) is 2.56. The van der Waals surface area contributed by atoms with Crippen molar-refractivity contribution in [2.45, 2.75) is 0 Å². The molecule has 0 radical (unpaired) electrons. The van der Waals surface area contributed by atoms with Crippen LogP contribution < -0.4 is 4.74 Å².